The highest BCUT2D eigenvalue weighted by molar-refractivity contribution is 5.89. The third-order valence-corrected chi connectivity index (χ3v) is 9.27. The Morgan fingerprint density at radius 1 is 1.18 bits per heavy atom. The van der Waals surface area contributed by atoms with Gasteiger partial charge >= 0.3 is 0 Å². The number of hydrogen-bond acceptors (Lipinski definition) is 5. The number of aliphatic hydroxyl groups is 1. The van der Waals surface area contributed by atoms with E-state index in [1.165, 1.54) is 48.6 Å². The quantitative estimate of drug-likeness (QED) is 0.328. The smallest absolute Gasteiger partial charge is 0.135 e. The normalized spacial score (nSPS) is 28.8. The van der Waals surface area contributed by atoms with Crippen LogP contribution >= 0.6 is 0 Å². The molecule has 39 heavy (non-hydrogen) atoms. The van der Waals surface area contributed by atoms with E-state index in [-0.39, 0.29) is 18.2 Å². The van der Waals surface area contributed by atoms with E-state index in [2.05, 4.69) is 67.7 Å². The van der Waals surface area contributed by atoms with Gasteiger partial charge in [0.25, 0.3) is 0 Å². The monoisotopic (exact) mass is 528 g/mol. The number of allylic oxidation sites excluding steroid dienone is 4. The number of aliphatic imine (C=N–C) groups is 1. The molecule has 0 bridgehead atoms. The van der Waals surface area contributed by atoms with Crippen molar-refractivity contribution in [1.29, 1.82) is 0 Å². The Hall–Kier alpha value is -2.63. The number of nitrogens with zero attached hydrogens (tertiary/aromatic N) is 1. The summed E-state index contributed by atoms with van der Waals surface area (Å²) in [4.78, 5) is 5.17. The van der Waals surface area contributed by atoms with Crippen LogP contribution in [0.3, 0.4) is 0 Å². The third kappa shape index (κ3) is 5.67. The maximum atomic E-state index is 10.8. The molecular formula is C34H44N2O3. The van der Waals surface area contributed by atoms with E-state index in [0.29, 0.717) is 11.8 Å². The number of hydrogen-bond donors (Lipinski definition) is 2. The van der Waals surface area contributed by atoms with E-state index in [4.69, 9.17) is 14.1 Å². The number of nitrogens with one attached hydrogen (secondary N) is 1. The summed E-state index contributed by atoms with van der Waals surface area (Å²) in [5, 5.41) is 15.6. The molecule has 0 saturated heterocycles. The Balaban J connectivity index is 1.27. The predicted octanol–water partition coefficient (Wildman–Crippen LogP) is 7.66. The number of benzene rings is 1. The van der Waals surface area contributed by atoms with E-state index in [1.54, 1.807) is 0 Å². The van der Waals surface area contributed by atoms with E-state index in [0.717, 1.165) is 61.5 Å². The molecule has 0 saturated carbocycles. The summed E-state index contributed by atoms with van der Waals surface area (Å²) < 4.78 is 12.9. The van der Waals surface area contributed by atoms with Crippen LogP contribution in [-0.4, -0.2) is 29.9 Å². The van der Waals surface area contributed by atoms with Gasteiger partial charge in [-0.2, -0.15) is 0 Å². The lowest BCUT2D eigenvalue weighted by Crippen LogP contribution is -2.48. The second-order valence-corrected chi connectivity index (χ2v) is 12.0. The van der Waals surface area contributed by atoms with Crippen LogP contribution in [0.2, 0.25) is 0 Å². The average Bonchev–Trinajstić information content (AvgIpc) is 3.32. The van der Waals surface area contributed by atoms with Gasteiger partial charge in [0.05, 0.1) is 24.7 Å². The standard InChI is InChI=1S/C34H44N2O3/c1-3-5-10-22(4-2)21-38-33-20-29(35-34(36-33)27-13-8-9-14-30(27)37)25-15-16-26-28-17-23-11-6-7-12-24(23)18-32(28)39-31(26)19-25/h7-8,12-13,15-16,18-19,22-23,27,29-30,33,37H,3-6,9-11,14,17,20-21H2,1-2H3,(H,35,36). The van der Waals surface area contributed by atoms with Crippen molar-refractivity contribution in [2.75, 3.05) is 6.61 Å². The zero-order valence-corrected chi connectivity index (χ0v) is 23.6. The molecule has 1 aromatic carbocycles. The van der Waals surface area contributed by atoms with Crippen LogP contribution in [0.25, 0.3) is 17.0 Å². The van der Waals surface area contributed by atoms with Gasteiger partial charge in [0.2, 0.25) is 0 Å². The second-order valence-electron chi connectivity index (χ2n) is 12.0. The molecule has 6 rings (SSSR count). The molecule has 3 aliphatic carbocycles. The minimum atomic E-state index is -0.418. The Labute approximate surface area is 233 Å². The highest BCUT2D eigenvalue weighted by atomic mass is 16.5. The summed E-state index contributed by atoms with van der Waals surface area (Å²) in [5.74, 6) is 2.93. The van der Waals surface area contributed by atoms with Crippen molar-refractivity contribution in [2.45, 2.75) is 96.4 Å². The fraction of sp³-hybridized carbons (Fsp3) is 0.559. The molecule has 208 valence electrons. The Kier molecular flexibility index (Phi) is 8.08. The molecule has 2 N–H and O–H groups in total. The van der Waals surface area contributed by atoms with E-state index in [1.807, 2.05) is 0 Å². The molecule has 2 heterocycles. The van der Waals surface area contributed by atoms with Gasteiger partial charge in [0.1, 0.15) is 23.4 Å². The summed E-state index contributed by atoms with van der Waals surface area (Å²) in [6, 6.07) is 6.63. The fourth-order valence-corrected chi connectivity index (χ4v) is 6.75. The van der Waals surface area contributed by atoms with Gasteiger partial charge in [-0.25, -0.2) is 0 Å². The lowest BCUT2D eigenvalue weighted by atomic mass is 9.80. The highest BCUT2D eigenvalue weighted by Crippen LogP contribution is 2.41. The lowest BCUT2D eigenvalue weighted by Gasteiger charge is -2.35. The van der Waals surface area contributed by atoms with E-state index >= 15 is 0 Å². The molecule has 0 amide bonds. The SMILES string of the molecule is CCCCC(CC)COC1CC(c2ccc3c4c(oc3c2)C=C2C=CCCC2C4)N=C(C2C=CCCC2O)N1. The maximum absolute atomic E-state index is 10.8. The van der Waals surface area contributed by atoms with Gasteiger partial charge in [-0.1, -0.05) is 69.5 Å². The number of ether oxygens (including phenoxy) is 1. The molecule has 0 radical (unpaired) electrons. The molecule has 1 aliphatic heterocycles. The zero-order valence-electron chi connectivity index (χ0n) is 23.6. The summed E-state index contributed by atoms with van der Waals surface area (Å²) in [7, 11) is 0. The number of amidine groups is 1. The van der Waals surface area contributed by atoms with Gasteiger partial charge in [-0.05, 0) is 73.6 Å². The first-order chi connectivity index (χ1) is 19.1. The third-order valence-electron chi connectivity index (χ3n) is 9.27. The topological polar surface area (TPSA) is 67.0 Å². The van der Waals surface area contributed by atoms with Crippen LogP contribution in [0, 0.1) is 17.8 Å². The number of rotatable bonds is 9. The van der Waals surface area contributed by atoms with Gasteiger partial charge in [0.15, 0.2) is 0 Å². The largest absolute Gasteiger partial charge is 0.456 e. The lowest BCUT2D eigenvalue weighted by molar-refractivity contribution is 0.00324. The van der Waals surface area contributed by atoms with Crippen LogP contribution in [0.1, 0.15) is 94.6 Å². The molecule has 4 aliphatic rings. The molecule has 6 atom stereocenters. The molecule has 5 heteroatoms. The van der Waals surface area contributed by atoms with E-state index in [9.17, 15) is 5.11 Å². The number of aliphatic hydroxyl groups excluding tert-OH is 1. The number of fused-ring (bicyclic) bond motifs is 4. The highest BCUT2D eigenvalue weighted by Gasteiger charge is 2.33. The molecule has 2 aromatic rings. The van der Waals surface area contributed by atoms with Crippen LogP contribution < -0.4 is 5.32 Å². The zero-order chi connectivity index (χ0) is 26.8. The van der Waals surface area contributed by atoms with Crippen molar-refractivity contribution in [3.63, 3.8) is 0 Å². The second kappa shape index (κ2) is 11.9. The molecule has 5 nitrogen and oxygen atoms in total. The minimum Gasteiger partial charge on any atom is -0.456 e. The summed E-state index contributed by atoms with van der Waals surface area (Å²) in [6.07, 6.45) is 21.3. The Morgan fingerprint density at radius 3 is 2.92 bits per heavy atom. The first kappa shape index (κ1) is 26.6. The Morgan fingerprint density at radius 2 is 2.08 bits per heavy atom. The Bertz CT molecular complexity index is 1280. The molecule has 1 aromatic heterocycles. The van der Waals surface area contributed by atoms with Crippen LogP contribution in [0.4, 0.5) is 0 Å². The van der Waals surface area contributed by atoms with Crippen LogP contribution in [0.5, 0.6) is 0 Å². The summed E-state index contributed by atoms with van der Waals surface area (Å²) >= 11 is 0. The van der Waals surface area contributed by atoms with Gasteiger partial charge in [-0.3, -0.25) is 4.99 Å². The fourth-order valence-electron chi connectivity index (χ4n) is 6.75. The van der Waals surface area contributed by atoms with Crippen molar-refractivity contribution in [3.8, 4) is 0 Å². The van der Waals surface area contributed by atoms with Crippen molar-refractivity contribution < 1.29 is 14.3 Å². The van der Waals surface area contributed by atoms with Gasteiger partial charge in [0, 0.05) is 17.4 Å². The predicted molar refractivity (Wildman–Crippen MR) is 159 cm³/mol. The van der Waals surface area contributed by atoms with E-state index < -0.39 is 6.10 Å². The number of furan rings is 1. The van der Waals surface area contributed by atoms with Crippen molar-refractivity contribution in [3.05, 3.63) is 65.0 Å². The minimum absolute atomic E-state index is 0.0418. The summed E-state index contributed by atoms with van der Waals surface area (Å²) in [6.45, 7) is 5.27. The van der Waals surface area contributed by atoms with Gasteiger partial charge < -0.3 is 19.6 Å². The van der Waals surface area contributed by atoms with Crippen molar-refractivity contribution in [2.24, 2.45) is 22.7 Å². The molecule has 0 fully saturated rings. The van der Waals surface area contributed by atoms with Crippen LogP contribution in [0.15, 0.2) is 57.5 Å². The van der Waals surface area contributed by atoms with Gasteiger partial charge in [-0.15, -0.1) is 0 Å². The summed E-state index contributed by atoms with van der Waals surface area (Å²) in [5.41, 5.74) is 4.86. The first-order valence-corrected chi connectivity index (χ1v) is 15.4. The molecule has 6 unspecified atom stereocenters. The number of unbranched alkanes of at least 4 members (excludes halogenated alkanes) is 1. The van der Waals surface area contributed by atoms with Crippen molar-refractivity contribution in [1.82, 2.24) is 5.32 Å². The average molecular weight is 529 g/mol. The maximum Gasteiger partial charge on any atom is 0.135 e. The molecule has 0 spiro atoms. The first-order valence-electron chi connectivity index (χ1n) is 15.4. The van der Waals surface area contributed by atoms with Crippen LogP contribution in [-0.2, 0) is 11.2 Å². The molecular weight excluding hydrogens is 484 g/mol. The van der Waals surface area contributed by atoms with Crippen molar-refractivity contribution >= 4 is 22.9 Å².